The fraction of sp³-hybridized carbons (Fsp3) is 0.174. The molecule has 152 valence electrons. The predicted octanol–water partition coefficient (Wildman–Crippen LogP) is 3.34. The molecule has 0 saturated carbocycles. The van der Waals surface area contributed by atoms with Crippen LogP contribution in [0.25, 0.3) is 11.1 Å². The first-order chi connectivity index (χ1) is 14.9. The Balaban J connectivity index is 1.85. The molecule has 3 aromatic rings. The lowest BCUT2D eigenvalue weighted by atomic mass is 9.78. The van der Waals surface area contributed by atoms with Gasteiger partial charge in [-0.15, -0.1) is 11.3 Å². The van der Waals surface area contributed by atoms with Crippen LogP contribution in [-0.4, -0.2) is 28.8 Å². The largest absolute Gasteiger partial charge is 0.369 e. The Kier molecular flexibility index (Phi) is 5.02. The Bertz CT molecular complexity index is 1300. The van der Waals surface area contributed by atoms with Crippen LogP contribution in [0.2, 0.25) is 0 Å². The SMILES string of the molecule is CN1C(=O)[C@@H](c2cncc(C#N)c2)[C@@](C)(c2cc(-c3cccc(C#N)c3)cs2)N=C1N. The van der Waals surface area contributed by atoms with E-state index >= 15 is 0 Å². The first kappa shape index (κ1) is 20.3. The fourth-order valence-corrected chi connectivity index (χ4v) is 4.84. The molecule has 1 amide bonds. The minimum absolute atomic E-state index is 0.134. The molecule has 4 rings (SSSR count). The highest BCUT2D eigenvalue weighted by atomic mass is 32.1. The number of hydrogen-bond acceptors (Lipinski definition) is 7. The van der Waals surface area contributed by atoms with Crippen molar-refractivity contribution in [3.8, 4) is 23.3 Å². The molecular weight excluding hydrogens is 408 g/mol. The zero-order valence-corrected chi connectivity index (χ0v) is 17.7. The van der Waals surface area contributed by atoms with Gasteiger partial charge in [0, 0.05) is 24.3 Å². The molecule has 31 heavy (non-hydrogen) atoms. The standard InChI is InChI=1S/C23H18N6OS/c1-23(19-8-18(13-31-19)16-5-3-4-14(6-16)9-24)20(21(30)29(2)22(26)28-23)17-7-15(10-25)11-27-12-17/h3-8,11-13,20H,1-2H3,(H2,26,28)/t20-,23-/m1/s1. The number of hydrogen-bond donors (Lipinski definition) is 1. The minimum Gasteiger partial charge on any atom is -0.369 e. The number of rotatable bonds is 3. The van der Waals surface area contributed by atoms with Crippen molar-refractivity contribution in [3.63, 3.8) is 0 Å². The summed E-state index contributed by atoms with van der Waals surface area (Å²) in [6.07, 6.45) is 3.05. The van der Waals surface area contributed by atoms with E-state index in [-0.39, 0.29) is 11.9 Å². The summed E-state index contributed by atoms with van der Waals surface area (Å²) in [4.78, 5) is 24.3. The molecule has 2 aromatic heterocycles. The molecule has 0 aliphatic carbocycles. The lowest BCUT2D eigenvalue weighted by molar-refractivity contribution is -0.130. The third-order valence-electron chi connectivity index (χ3n) is 5.48. The molecule has 0 fully saturated rings. The number of nitriles is 2. The molecule has 0 spiro atoms. The van der Waals surface area contributed by atoms with Crippen LogP contribution in [0.15, 0.2) is 59.2 Å². The number of carbonyl (C=O) groups is 1. The van der Waals surface area contributed by atoms with E-state index < -0.39 is 11.5 Å². The summed E-state index contributed by atoms with van der Waals surface area (Å²) < 4.78 is 0. The molecule has 0 saturated heterocycles. The first-order valence-corrected chi connectivity index (χ1v) is 10.3. The van der Waals surface area contributed by atoms with Gasteiger partial charge in [-0.25, -0.2) is 4.99 Å². The van der Waals surface area contributed by atoms with Gasteiger partial charge in [-0.3, -0.25) is 14.7 Å². The summed E-state index contributed by atoms with van der Waals surface area (Å²) in [6.45, 7) is 1.87. The van der Waals surface area contributed by atoms with E-state index in [1.807, 2.05) is 36.6 Å². The number of aliphatic imine (C=N–C) groups is 1. The normalized spacial score (nSPS) is 20.6. The Morgan fingerprint density at radius 1 is 1.13 bits per heavy atom. The molecule has 1 aliphatic rings. The molecule has 2 N–H and O–H groups in total. The van der Waals surface area contributed by atoms with E-state index in [1.54, 1.807) is 25.4 Å². The molecule has 0 unspecified atom stereocenters. The summed E-state index contributed by atoms with van der Waals surface area (Å²) in [5, 5.41) is 20.5. The average molecular weight is 427 g/mol. The summed E-state index contributed by atoms with van der Waals surface area (Å²) in [7, 11) is 1.59. The summed E-state index contributed by atoms with van der Waals surface area (Å²) in [6, 6.07) is 15.2. The first-order valence-electron chi connectivity index (χ1n) is 9.45. The molecule has 2 atom stereocenters. The molecular formula is C23H18N6OS. The van der Waals surface area contributed by atoms with Gasteiger partial charge in [0.2, 0.25) is 5.91 Å². The number of likely N-dealkylation sites (N-methyl/N-ethyl adjacent to an activating group) is 1. The van der Waals surface area contributed by atoms with Crippen molar-refractivity contribution in [2.45, 2.75) is 18.4 Å². The van der Waals surface area contributed by atoms with Crippen LogP contribution in [0, 0.1) is 22.7 Å². The van der Waals surface area contributed by atoms with Gasteiger partial charge < -0.3 is 5.73 Å². The predicted molar refractivity (Wildman–Crippen MR) is 118 cm³/mol. The number of amides is 1. The van der Waals surface area contributed by atoms with Gasteiger partial charge in [0.15, 0.2) is 5.96 Å². The topological polar surface area (TPSA) is 119 Å². The lowest BCUT2D eigenvalue weighted by Gasteiger charge is -2.39. The highest BCUT2D eigenvalue weighted by Crippen LogP contribution is 2.47. The summed E-state index contributed by atoms with van der Waals surface area (Å²) in [5.41, 5.74) is 8.51. The minimum atomic E-state index is -0.973. The van der Waals surface area contributed by atoms with Crippen molar-refractivity contribution in [1.29, 1.82) is 10.5 Å². The van der Waals surface area contributed by atoms with Gasteiger partial charge >= 0.3 is 0 Å². The van der Waals surface area contributed by atoms with Crippen molar-refractivity contribution >= 4 is 23.2 Å². The van der Waals surface area contributed by atoms with Crippen LogP contribution in [0.1, 0.15) is 34.4 Å². The number of benzene rings is 1. The van der Waals surface area contributed by atoms with Crippen molar-refractivity contribution in [3.05, 3.63) is 75.7 Å². The van der Waals surface area contributed by atoms with Crippen molar-refractivity contribution in [1.82, 2.24) is 9.88 Å². The second-order valence-corrected chi connectivity index (χ2v) is 8.37. The van der Waals surface area contributed by atoms with Crippen LogP contribution in [0.5, 0.6) is 0 Å². The van der Waals surface area contributed by atoms with E-state index in [4.69, 9.17) is 10.7 Å². The maximum absolute atomic E-state index is 13.3. The second kappa shape index (κ2) is 7.67. The molecule has 1 aliphatic heterocycles. The number of pyridine rings is 1. The number of aromatic nitrogens is 1. The van der Waals surface area contributed by atoms with Gasteiger partial charge in [-0.1, -0.05) is 12.1 Å². The number of nitrogens with zero attached hydrogens (tertiary/aromatic N) is 5. The summed E-state index contributed by atoms with van der Waals surface area (Å²) >= 11 is 1.48. The number of guanidine groups is 1. The number of carbonyl (C=O) groups excluding carboxylic acids is 1. The van der Waals surface area contributed by atoms with Crippen LogP contribution in [0.3, 0.4) is 0 Å². The van der Waals surface area contributed by atoms with Gasteiger partial charge in [-0.05, 0) is 53.3 Å². The second-order valence-electron chi connectivity index (χ2n) is 7.46. The van der Waals surface area contributed by atoms with Crippen LogP contribution >= 0.6 is 11.3 Å². The van der Waals surface area contributed by atoms with E-state index in [1.165, 1.54) is 22.4 Å². The van der Waals surface area contributed by atoms with Crippen molar-refractivity contribution in [2.75, 3.05) is 7.05 Å². The zero-order valence-electron chi connectivity index (χ0n) is 16.9. The molecule has 7 nitrogen and oxygen atoms in total. The van der Waals surface area contributed by atoms with E-state index in [2.05, 4.69) is 17.1 Å². The zero-order chi connectivity index (χ0) is 22.2. The van der Waals surface area contributed by atoms with Crippen molar-refractivity contribution in [2.24, 2.45) is 10.7 Å². The Morgan fingerprint density at radius 2 is 1.90 bits per heavy atom. The van der Waals surface area contributed by atoms with Gasteiger partial charge in [0.25, 0.3) is 0 Å². The molecule has 0 radical (unpaired) electrons. The van der Waals surface area contributed by atoms with E-state index in [9.17, 15) is 15.3 Å². The third-order valence-corrected chi connectivity index (χ3v) is 6.63. The maximum Gasteiger partial charge on any atom is 0.239 e. The lowest BCUT2D eigenvalue weighted by Crippen LogP contribution is -2.52. The molecule has 3 heterocycles. The Labute approximate surface area is 183 Å². The fourth-order valence-electron chi connectivity index (χ4n) is 3.79. The van der Waals surface area contributed by atoms with Gasteiger partial charge in [0.1, 0.15) is 11.6 Å². The van der Waals surface area contributed by atoms with Crippen LogP contribution in [-0.2, 0) is 10.3 Å². The Morgan fingerprint density at radius 3 is 2.65 bits per heavy atom. The molecule has 0 bridgehead atoms. The quantitative estimate of drug-likeness (QED) is 0.689. The maximum atomic E-state index is 13.3. The monoisotopic (exact) mass is 426 g/mol. The third kappa shape index (κ3) is 3.43. The highest BCUT2D eigenvalue weighted by Gasteiger charge is 2.48. The van der Waals surface area contributed by atoms with E-state index in [0.717, 1.165) is 16.0 Å². The van der Waals surface area contributed by atoms with E-state index in [0.29, 0.717) is 16.7 Å². The Hall–Kier alpha value is -4.01. The number of thiophene rings is 1. The highest BCUT2D eigenvalue weighted by molar-refractivity contribution is 7.10. The van der Waals surface area contributed by atoms with Gasteiger partial charge in [0.05, 0.1) is 23.1 Å². The summed E-state index contributed by atoms with van der Waals surface area (Å²) in [5.74, 6) is -0.773. The number of nitrogens with two attached hydrogens (primary N) is 1. The smallest absolute Gasteiger partial charge is 0.239 e. The van der Waals surface area contributed by atoms with Crippen LogP contribution < -0.4 is 5.73 Å². The van der Waals surface area contributed by atoms with Crippen molar-refractivity contribution < 1.29 is 4.79 Å². The molecule has 8 heteroatoms. The molecule has 1 aromatic carbocycles. The van der Waals surface area contributed by atoms with Gasteiger partial charge in [-0.2, -0.15) is 10.5 Å². The van der Waals surface area contributed by atoms with Crippen LogP contribution in [0.4, 0.5) is 0 Å². The average Bonchev–Trinajstić information content (AvgIpc) is 3.29.